The van der Waals surface area contributed by atoms with Crippen LogP contribution in [0.15, 0.2) is 24.3 Å². The molecular formula is C21H31N3O4. The van der Waals surface area contributed by atoms with E-state index in [1.54, 1.807) is 10.4 Å². The fraction of sp³-hybridized carbons (Fsp3) is 0.619. The van der Waals surface area contributed by atoms with E-state index >= 15 is 0 Å². The second kappa shape index (κ2) is 9.03. The summed E-state index contributed by atoms with van der Waals surface area (Å²) in [5.74, 6) is -0.620. The van der Waals surface area contributed by atoms with E-state index in [-0.39, 0.29) is 18.9 Å². The molecule has 3 rings (SSSR count). The first-order valence-corrected chi connectivity index (χ1v) is 10.1. The number of rotatable bonds is 4. The average molecular weight is 389 g/mol. The molecule has 7 nitrogen and oxygen atoms in total. The van der Waals surface area contributed by atoms with Gasteiger partial charge >= 0.3 is 0 Å². The fourth-order valence-electron chi connectivity index (χ4n) is 4.32. The van der Waals surface area contributed by atoms with Crippen molar-refractivity contribution in [1.29, 1.82) is 0 Å². The number of carbonyl (C=O) groups is 2. The third kappa shape index (κ3) is 4.54. The monoisotopic (exact) mass is 389 g/mol. The zero-order valence-electron chi connectivity index (χ0n) is 16.6. The van der Waals surface area contributed by atoms with Crippen molar-refractivity contribution >= 4 is 11.8 Å². The molecule has 4 N–H and O–H groups in total. The van der Waals surface area contributed by atoms with Gasteiger partial charge in [0.05, 0.1) is 18.1 Å². The molecule has 2 aliphatic heterocycles. The molecule has 2 aliphatic rings. The summed E-state index contributed by atoms with van der Waals surface area (Å²) in [5, 5.41) is 21.8. The van der Waals surface area contributed by atoms with Crippen LogP contribution in [0.2, 0.25) is 0 Å². The summed E-state index contributed by atoms with van der Waals surface area (Å²) in [7, 11) is 0. The summed E-state index contributed by atoms with van der Waals surface area (Å²) in [5.41, 5.74) is 4.29. The highest BCUT2D eigenvalue weighted by Gasteiger charge is 2.41. The number of benzene rings is 1. The summed E-state index contributed by atoms with van der Waals surface area (Å²) in [6.07, 6.45) is 1.23. The Morgan fingerprint density at radius 3 is 2.61 bits per heavy atom. The molecule has 3 atom stereocenters. The Hall–Kier alpha value is -1.96. The third-order valence-electron chi connectivity index (χ3n) is 6.07. The standard InChI is InChI=1S/C21H31N3O4/c1-13(2)15-4-3-5-16(10-15)14-6-8-24(9-7-14)21(27)19-18(20(26)23-28)11-17(25)12-22-19/h3-5,10,13-14,17-19,22,25,28H,6-9,11-12H2,1-2H3,(H,23,26). The Morgan fingerprint density at radius 1 is 1.25 bits per heavy atom. The Labute approximate surface area is 166 Å². The van der Waals surface area contributed by atoms with E-state index in [0.717, 1.165) is 12.8 Å². The molecule has 2 amide bonds. The van der Waals surface area contributed by atoms with E-state index in [4.69, 9.17) is 5.21 Å². The van der Waals surface area contributed by atoms with Crippen LogP contribution in [-0.4, -0.2) is 58.8 Å². The van der Waals surface area contributed by atoms with Crippen molar-refractivity contribution in [3.63, 3.8) is 0 Å². The molecule has 0 radical (unpaired) electrons. The van der Waals surface area contributed by atoms with Crippen molar-refractivity contribution in [3.8, 4) is 0 Å². The van der Waals surface area contributed by atoms with Crippen molar-refractivity contribution in [1.82, 2.24) is 15.7 Å². The van der Waals surface area contributed by atoms with Crippen molar-refractivity contribution in [2.24, 2.45) is 5.92 Å². The fourth-order valence-corrected chi connectivity index (χ4v) is 4.32. The third-order valence-corrected chi connectivity index (χ3v) is 6.07. The summed E-state index contributed by atoms with van der Waals surface area (Å²) in [6, 6.07) is 7.99. The predicted octanol–water partition coefficient (Wildman–Crippen LogP) is 1.36. The first-order valence-electron chi connectivity index (χ1n) is 10.1. The lowest BCUT2D eigenvalue weighted by molar-refractivity contribution is -0.146. The lowest BCUT2D eigenvalue weighted by Gasteiger charge is -2.39. The van der Waals surface area contributed by atoms with E-state index in [1.165, 1.54) is 11.1 Å². The van der Waals surface area contributed by atoms with Gasteiger partial charge in [-0.2, -0.15) is 0 Å². The largest absolute Gasteiger partial charge is 0.392 e. The first kappa shape index (κ1) is 20.8. The zero-order valence-corrected chi connectivity index (χ0v) is 16.6. The molecule has 1 aromatic rings. The molecular weight excluding hydrogens is 358 g/mol. The van der Waals surface area contributed by atoms with Gasteiger partial charge in [-0.3, -0.25) is 14.8 Å². The predicted molar refractivity (Wildman–Crippen MR) is 105 cm³/mol. The molecule has 154 valence electrons. The van der Waals surface area contributed by atoms with Crippen LogP contribution in [0.1, 0.15) is 56.1 Å². The average Bonchev–Trinajstić information content (AvgIpc) is 2.72. The Bertz CT molecular complexity index is 701. The van der Waals surface area contributed by atoms with Gasteiger partial charge in [0.15, 0.2) is 0 Å². The second-order valence-electron chi connectivity index (χ2n) is 8.28. The van der Waals surface area contributed by atoms with Crippen molar-refractivity contribution < 1.29 is 19.9 Å². The molecule has 2 heterocycles. The number of aliphatic hydroxyl groups excluding tert-OH is 1. The molecule has 0 spiro atoms. The van der Waals surface area contributed by atoms with Gasteiger partial charge in [-0.1, -0.05) is 38.1 Å². The molecule has 0 aromatic heterocycles. The van der Waals surface area contributed by atoms with Gasteiger partial charge in [0, 0.05) is 19.6 Å². The molecule has 0 bridgehead atoms. The van der Waals surface area contributed by atoms with Crippen LogP contribution in [0.4, 0.5) is 0 Å². The number of β-amino-alcohol motifs (C(OH)–C–C–N with tert-alkyl or cyclic N) is 1. The maximum atomic E-state index is 13.0. The van der Waals surface area contributed by atoms with E-state index in [1.807, 2.05) is 0 Å². The van der Waals surface area contributed by atoms with Crippen LogP contribution >= 0.6 is 0 Å². The molecule has 1 aromatic carbocycles. The lowest BCUT2D eigenvalue weighted by Crippen LogP contribution is -2.60. The van der Waals surface area contributed by atoms with Crippen molar-refractivity contribution in [3.05, 3.63) is 35.4 Å². The smallest absolute Gasteiger partial charge is 0.248 e. The number of piperidine rings is 2. The lowest BCUT2D eigenvalue weighted by atomic mass is 9.85. The van der Waals surface area contributed by atoms with Crippen LogP contribution in [0.5, 0.6) is 0 Å². The van der Waals surface area contributed by atoms with E-state index in [0.29, 0.717) is 24.9 Å². The molecule has 7 heteroatoms. The van der Waals surface area contributed by atoms with Gasteiger partial charge in [0.2, 0.25) is 11.8 Å². The molecule has 3 unspecified atom stereocenters. The quantitative estimate of drug-likeness (QED) is 0.460. The van der Waals surface area contributed by atoms with Gasteiger partial charge < -0.3 is 15.3 Å². The molecule has 28 heavy (non-hydrogen) atoms. The maximum Gasteiger partial charge on any atom is 0.248 e. The number of nitrogens with zero attached hydrogens (tertiary/aromatic N) is 1. The maximum absolute atomic E-state index is 13.0. The second-order valence-corrected chi connectivity index (χ2v) is 8.28. The minimum atomic E-state index is -0.776. The highest BCUT2D eigenvalue weighted by Crippen LogP contribution is 2.31. The van der Waals surface area contributed by atoms with Crippen molar-refractivity contribution in [2.45, 2.75) is 57.1 Å². The van der Waals surface area contributed by atoms with Gasteiger partial charge in [0.1, 0.15) is 0 Å². The van der Waals surface area contributed by atoms with Crippen LogP contribution in [0.25, 0.3) is 0 Å². The molecule has 0 aliphatic carbocycles. The minimum absolute atomic E-state index is 0.130. The Kier molecular flexibility index (Phi) is 6.69. The first-order chi connectivity index (χ1) is 13.4. The van der Waals surface area contributed by atoms with Gasteiger partial charge in [-0.25, -0.2) is 5.48 Å². The van der Waals surface area contributed by atoms with Gasteiger partial charge in [-0.05, 0) is 42.2 Å². The molecule has 0 saturated carbocycles. The number of likely N-dealkylation sites (tertiary alicyclic amines) is 1. The summed E-state index contributed by atoms with van der Waals surface area (Å²) in [4.78, 5) is 26.7. The van der Waals surface area contributed by atoms with Crippen LogP contribution in [-0.2, 0) is 9.59 Å². The Balaban J connectivity index is 1.63. The number of amides is 2. The SMILES string of the molecule is CC(C)c1cccc(C2CCN(C(=O)C3NCC(O)CC3C(=O)NO)CC2)c1. The molecule has 2 fully saturated rings. The van der Waals surface area contributed by atoms with E-state index in [9.17, 15) is 14.7 Å². The van der Waals surface area contributed by atoms with Crippen LogP contribution in [0, 0.1) is 5.92 Å². The summed E-state index contributed by atoms with van der Waals surface area (Å²) >= 11 is 0. The van der Waals surface area contributed by atoms with Crippen molar-refractivity contribution in [2.75, 3.05) is 19.6 Å². The van der Waals surface area contributed by atoms with Crippen LogP contribution in [0.3, 0.4) is 0 Å². The number of nitrogens with one attached hydrogen (secondary N) is 2. The normalized spacial score (nSPS) is 26.3. The number of hydrogen-bond donors (Lipinski definition) is 4. The summed E-state index contributed by atoms with van der Waals surface area (Å²) < 4.78 is 0. The van der Waals surface area contributed by atoms with Crippen LogP contribution < -0.4 is 10.8 Å². The highest BCUT2D eigenvalue weighted by atomic mass is 16.5. The van der Waals surface area contributed by atoms with Gasteiger partial charge in [0.25, 0.3) is 0 Å². The zero-order chi connectivity index (χ0) is 20.3. The summed E-state index contributed by atoms with van der Waals surface area (Å²) in [6.45, 7) is 5.93. The number of hydrogen-bond acceptors (Lipinski definition) is 5. The topological polar surface area (TPSA) is 102 Å². The Morgan fingerprint density at radius 2 is 1.96 bits per heavy atom. The van der Waals surface area contributed by atoms with E-state index < -0.39 is 24.0 Å². The van der Waals surface area contributed by atoms with E-state index in [2.05, 4.69) is 43.4 Å². The number of aliphatic hydroxyl groups is 1. The molecule has 2 saturated heterocycles. The van der Waals surface area contributed by atoms with Gasteiger partial charge in [-0.15, -0.1) is 0 Å². The number of hydroxylamine groups is 1. The highest BCUT2D eigenvalue weighted by molar-refractivity contribution is 5.90. The minimum Gasteiger partial charge on any atom is -0.392 e. The number of carbonyl (C=O) groups excluding carboxylic acids is 2.